The van der Waals surface area contributed by atoms with Crippen LogP contribution in [0.3, 0.4) is 0 Å². The van der Waals surface area contributed by atoms with E-state index < -0.39 is 17.4 Å². The Bertz CT molecular complexity index is 523. The lowest BCUT2D eigenvalue weighted by atomic mass is 9.98. The summed E-state index contributed by atoms with van der Waals surface area (Å²) in [6, 6.07) is 5.28. The molecule has 0 radical (unpaired) electrons. The van der Waals surface area contributed by atoms with Gasteiger partial charge in [0.2, 0.25) is 0 Å². The summed E-state index contributed by atoms with van der Waals surface area (Å²) in [6.45, 7) is 2.25. The lowest BCUT2D eigenvalue weighted by molar-refractivity contribution is -0.144. The molecule has 0 bridgehead atoms. The van der Waals surface area contributed by atoms with Gasteiger partial charge in [-0.1, -0.05) is 6.07 Å². The molecule has 1 aromatic carbocycles. The fraction of sp³-hybridized carbons (Fsp3) is 0.385. The lowest BCUT2D eigenvalue weighted by Crippen LogP contribution is -2.55. The number of aliphatic carboxylic acids is 1. The number of hydrogen-bond donors (Lipinski definition) is 2. The number of aryl methyl sites for hydroxylation is 1. The van der Waals surface area contributed by atoms with E-state index in [-0.39, 0.29) is 13.0 Å². The molecule has 0 spiro atoms. The Morgan fingerprint density at radius 3 is 2.74 bits per heavy atom. The summed E-state index contributed by atoms with van der Waals surface area (Å²) in [5.41, 5.74) is 0.111. The van der Waals surface area contributed by atoms with E-state index in [1.807, 2.05) is 13.0 Å². The Morgan fingerprint density at radius 2 is 2.21 bits per heavy atom. The second kappa shape index (κ2) is 5.30. The lowest BCUT2D eigenvalue weighted by Gasteiger charge is -2.24. The first-order valence-corrected chi connectivity index (χ1v) is 6.64. The summed E-state index contributed by atoms with van der Waals surface area (Å²) in [7, 11) is 0. The highest BCUT2D eigenvalue weighted by molar-refractivity contribution is 9.10. The standard InChI is InChI=1S/C13H14BrNO4/c1-8-2-3-9(10(14)6-8)11(16)15-13(12(17)18)4-5-19-7-13/h2-3,6H,4-5,7H2,1H3,(H,15,16)(H,17,18). The van der Waals surface area contributed by atoms with Crippen molar-refractivity contribution >= 4 is 27.8 Å². The third-order valence-electron chi connectivity index (χ3n) is 3.15. The normalized spacial score (nSPS) is 22.2. The molecule has 5 nitrogen and oxygen atoms in total. The Hall–Kier alpha value is -1.40. The average molecular weight is 328 g/mol. The maximum absolute atomic E-state index is 12.2. The number of amides is 1. The van der Waals surface area contributed by atoms with Gasteiger partial charge >= 0.3 is 5.97 Å². The summed E-state index contributed by atoms with van der Waals surface area (Å²) in [5.74, 6) is -1.48. The summed E-state index contributed by atoms with van der Waals surface area (Å²) >= 11 is 3.31. The monoisotopic (exact) mass is 327 g/mol. The number of hydrogen-bond acceptors (Lipinski definition) is 3. The fourth-order valence-corrected chi connectivity index (χ4v) is 2.65. The van der Waals surface area contributed by atoms with Crippen LogP contribution < -0.4 is 5.32 Å². The van der Waals surface area contributed by atoms with Crippen molar-refractivity contribution in [3.05, 3.63) is 33.8 Å². The van der Waals surface area contributed by atoms with E-state index in [4.69, 9.17) is 4.74 Å². The van der Waals surface area contributed by atoms with Crippen molar-refractivity contribution in [2.45, 2.75) is 18.9 Å². The van der Waals surface area contributed by atoms with Crippen molar-refractivity contribution in [2.24, 2.45) is 0 Å². The molecule has 1 atom stereocenters. The van der Waals surface area contributed by atoms with Gasteiger partial charge in [0.05, 0.1) is 12.2 Å². The molecule has 6 heteroatoms. The summed E-state index contributed by atoms with van der Waals surface area (Å²) in [4.78, 5) is 23.5. The highest BCUT2D eigenvalue weighted by atomic mass is 79.9. The van der Waals surface area contributed by atoms with E-state index >= 15 is 0 Å². The Morgan fingerprint density at radius 1 is 1.47 bits per heavy atom. The van der Waals surface area contributed by atoms with Crippen LogP contribution in [0.25, 0.3) is 0 Å². The number of carboxylic acids is 1. The summed E-state index contributed by atoms with van der Waals surface area (Å²) in [5, 5.41) is 11.8. The SMILES string of the molecule is Cc1ccc(C(=O)NC2(C(=O)O)CCOC2)c(Br)c1. The van der Waals surface area contributed by atoms with E-state index in [2.05, 4.69) is 21.2 Å². The zero-order valence-electron chi connectivity index (χ0n) is 10.4. The van der Waals surface area contributed by atoms with Crippen LogP contribution in [0.5, 0.6) is 0 Å². The smallest absolute Gasteiger partial charge is 0.331 e. The molecule has 0 aliphatic carbocycles. The van der Waals surface area contributed by atoms with Crippen LogP contribution in [-0.2, 0) is 9.53 Å². The van der Waals surface area contributed by atoms with Gasteiger partial charge in [-0.15, -0.1) is 0 Å². The highest BCUT2D eigenvalue weighted by Gasteiger charge is 2.44. The Kier molecular flexibility index (Phi) is 3.91. The maximum Gasteiger partial charge on any atom is 0.331 e. The minimum Gasteiger partial charge on any atom is -0.479 e. The molecule has 1 aromatic rings. The largest absolute Gasteiger partial charge is 0.479 e. The van der Waals surface area contributed by atoms with Gasteiger partial charge in [0.15, 0.2) is 5.54 Å². The van der Waals surface area contributed by atoms with Crippen LogP contribution >= 0.6 is 15.9 Å². The summed E-state index contributed by atoms with van der Waals surface area (Å²) < 4.78 is 5.74. The second-order valence-electron chi connectivity index (χ2n) is 4.63. The Balaban J connectivity index is 2.22. The van der Waals surface area contributed by atoms with Gasteiger partial charge in [-0.05, 0) is 40.5 Å². The van der Waals surface area contributed by atoms with Crippen LogP contribution in [0.15, 0.2) is 22.7 Å². The molecular formula is C13H14BrNO4. The van der Waals surface area contributed by atoms with E-state index in [9.17, 15) is 14.7 Å². The molecule has 1 aliphatic rings. The van der Waals surface area contributed by atoms with Crippen LogP contribution in [0.1, 0.15) is 22.3 Å². The van der Waals surface area contributed by atoms with Crippen LogP contribution in [0.2, 0.25) is 0 Å². The molecular weight excluding hydrogens is 314 g/mol. The van der Waals surface area contributed by atoms with Gasteiger partial charge in [0.25, 0.3) is 5.91 Å². The fourth-order valence-electron chi connectivity index (χ4n) is 1.97. The first-order valence-electron chi connectivity index (χ1n) is 5.84. The summed E-state index contributed by atoms with van der Waals surface area (Å²) in [6.07, 6.45) is 0.275. The second-order valence-corrected chi connectivity index (χ2v) is 5.48. The van der Waals surface area contributed by atoms with Crippen molar-refractivity contribution in [3.8, 4) is 0 Å². The molecule has 1 saturated heterocycles. The Labute approximate surface area is 119 Å². The van der Waals surface area contributed by atoms with Gasteiger partial charge in [-0.25, -0.2) is 4.79 Å². The van der Waals surface area contributed by atoms with E-state index in [1.54, 1.807) is 12.1 Å². The third kappa shape index (κ3) is 2.79. The quantitative estimate of drug-likeness (QED) is 0.886. The van der Waals surface area contributed by atoms with Gasteiger partial charge in [-0.2, -0.15) is 0 Å². The van der Waals surface area contributed by atoms with Crippen LogP contribution in [0, 0.1) is 6.92 Å². The molecule has 19 heavy (non-hydrogen) atoms. The van der Waals surface area contributed by atoms with Crippen LogP contribution in [-0.4, -0.2) is 35.7 Å². The number of ether oxygens (including phenoxy) is 1. The number of carbonyl (C=O) groups excluding carboxylic acids is 1. The average Bonchev–Trinajstić information content (AvgIpc) is 2.78. The van der Waals surface area contributed by atoms with Gasteiger partial charge < -0.3 is 15.2 Å². The van der Waals surface area contributed by atoms with Crippen molar-refractivity contribution < 1.29 is 19.4 Å². The highest BCUT2D eigenvalue weighted by Crippen LogP contribution is 2.22. The van der Waals surface area contributed by atoms with Crippen molar-refractivity contribution in [1.82, 2.24) is 5.32 Å². The molecule has 1 aliphatic heterocycles. The van der Waals surface area contributed by atoms with Crippen molar-refractivity contribution in [2.75, 3.05) is 13.2 Å². The minimum atomic E-state index is -1.32. The molecule has 0 saturated carbocycles. The predicted molar refractivity (Wildman–Crippen MR) is 72.1 cm³/mol. The van der Waals surface area contributed by atoms with Crippen LogP contribution in [0.4, 0.5) is 0 Å². The number of carbonyl (C=O) groups is 2. The number of benzene rings is 1. The number of halogens is 1. The first kappa shape index (κ1) is 14.0. The molecule has 1 unspecified atom stereocenters. The number of carboxylic acid groups (broad SMARTS) is 1. The molecule has 2 rings (SSSR count). The zero-order valence-corrected chi connectivity index (χ0v) is 12.0. The maximum atomic E-state index is 12.2. The van der Waals surface area contributed by atoms with E-state index in [0.29, 0.717) is 16.6 Å². The first-order chi connectivity index (χ1) is 8.94. The molecule has 2 N–H and O–H groups in total. The van der Waals surface area contributed by atoms with Crippen molar-refractivity contribution in [1.29, 1.82) is 0 Å². The van der Waals surface area contributed by atoms with Gasteiger partial charge in [0, 0.05) is 17.5 Å². The minimum absolute atomic E-state index is 0.00243. The third-order valence-corrected chi connectivity index (χ3v) is 3.81. The van der Waals surface area contributed by atoms with E-state index in [0.717, 1.165) is 5.56 Å². The topological polar surface area (TPSA) is 75.6 Å². The van der Waals surface area contributed by atoms with Gasteiger partial charge in [-0.3, -0.25) is 4.79 Å². The molecule has 1 amide bonds. The predicted octanol–water partition coefficient (Wildman–Crippen LogP) is 1.73. The van der Waals surface area contributed by atoms with E-state index in [1.165, 1.54) is 0 Å². The number of nitrogens with one attached hydrogen (secondary N) is 1. The van der Waals surface area contributed by atoms with Crippen molar-refractivity contribution in [3.63, 3.8) is 0 Å². The van der Waals surface area contributed by atoms with Gasteiger partial charge in [0.1, 0.15) is 0 Å². The zero-order chi connectivity index (χ0) is 14.0. The molecule has 1 heterocycles. The number of rotatable bonds is 3. The molecule has 1 fully saturated rings. The molecule has 102 valence electrons. The molecule has 0 aromatic heterocycles.